The van der Waals surface area contributed by atoms with E-state index in [-0.39, 0.29) is 12.1 Å². The van der Waals surface area contributed by atoms with E-state index in [2.05, 4.69) is 51.3 Å². The molecule has 6 heteroatoms. The van der Waals surface area contributed by atoms with Gasteiger partial charge in [-0.15, -0.1) is 0 Å². The van der Waals surface area contributed by atoms with Gasteiger partial charge in [0.15, 0.2) is 5.11 Å². The predicted octanol–water partition coefficient (Wildman–Crippen LogP) is 6.97. The fraction of sp³-hybridized carbons (Fsp3) is 0.241. The van der Waals surface area contributed by atoms with Crippen molar-refractivity contribution in [2.45, 2.75) is 43.8 Å². The second-order valence-corrected chi connectivity index (χ2v) is 9.57. The SMILES string of the molecule is S=C1NC(c2ccccn2)C(c2cccn2C2CCCC2)N1c1ccc(Oc2ccccc2)cc1. The van der Waals surface area contributed by atoms with Crippen LogP contribution in [0.3, 0.4) is 0 Å². The molecule has 2 aromatic carbocycles. The van der Waals surface area contributed by atoms with Crippen molar-refractivity contribution in [1.29, 1.82) is 0 Å². The average molecular weight is 481 g/mol. The van der Waals surface area contributed by atoms with Crippen molar-refractivity contribution >= 4 is 23.0 Å². The fourth-order valence-electron chi connectivity index (χ4n) is 5.41. The molecule has 35 heavy (non-hydrogen) atoms. The highest BCUT2D eigenvalue weighted by molar-refractivity contribution is 7.80. The molecule has 1 aliphatic carbocycles. The van der Waals surface area contributed by atoms with E-state index in [9.17, 15) is 0 Å². The molecule has 2 aromatic heterocycles. The van der Waals surface area contributed by atoms with Gasteiger partial charge >= 0.3 is 0 Å². The van der Waals surface area contributed by atoms with Gasteiger partial charge in [0.05, 0.1) is 11.7 Å². The lowest BCUT2D eigenvalue weighted by Gasteiger charge is -2.30. The van der Waals surface area contributed by atoms with Crippen molar-refractivity contribution in [2.24, 2.45) is 0 Å². The van der Waals surface area contributed by atoms with Crippen LogP contribution in [0.15, 0.2) is 97.3 Å². The standard InChI is InChI=1S/C29H28N4OS/c35-29-31-27(25-13-6-7-19-30-25)28(26-14-8-20-32(26)21-9-4-5-10-21)33(29)22-15-17-24(18-16-22)34-23-11-2-1-3-12-23/h1-3,6-8,11-21,27-28H,4-5,9-10H2,(H,31,35). The number of benzene rings is 2. The average Bonchev–Trinajstić information content (AvgIpc) is 3.65. The van der Waals surface area contributed by atoms with Gasteiger partial charge in [-0.25, -0.2) is 0 Å². The monoisotopic (exact) mass is 480 g/mol. The summed E-state index contributed by atoms with van der Waals surface area (Å²) in [7, 11) is 0. The minimum absolute atomic E-state index is 0.00566. The summed E-state index contributed by atoms with van der Waals surface area (Å²) in [6.07, 6.45) is 9.13. The smallest absolute Gasteiger partial charge is 0.174 e. The van der Waals surface area contributed by atoms with E-state index < -0.39 is 0 Å². The summed E-state index contributed by atoms with van der Waals surface area (Å²) in [5.41, 5.74) is 3.29. The van der Waals surface area contributed by atoms with Crippen molar-refractivity contribution < 1.29 is 4.74 Å². The van der Waals surface area contributed by atoms with E-state index in [1.807, 2.05) is 60.8 Å². The molecule has 2 aliphatic rings. The first-order valence-electron chi connectivity index (χ1n) is 12.3. The Morgan fingerprint density at radius 3 is 2.31 bits per heavy atom. The molecular weight excluding hydrogens is 452 g/mol. The molecule has 2 unspecified atom stereocenters. The van der Waals surface area contributed by atoms with Gasteiger partial charge in [0, 0.05) is 29.8 Å². The number of hydrogen-bond donors (Lipinski definition) is 1. The van der Waals surface area contributed by atoms with E-state index in [1.54, 1.807) is 0 Å². The zero-order valence-electron chi connectivity index (χ0n) is 19.5. The first-order valence-corrected chi connectivity index (χ1v) is 12.7. The van der Waals surface area contributed by atoms with Crippen LogP contribution in [0.2, 0.25) is 0 Å². The summed E-state index contributed by atoms with van der Waals surface area (Å²) in [4.78, 5) is 6.93. The van der Waals surface area contributed by atoms with Gasteiger partial charge in [0.25, 0.3) is 0 Å². The zero-order chi connectivity index (χ0) is 23.6. The van der Waals surface area contributed by atoms with Crippen LogP contribution < -0.4 is 15.0 Å². The zero-order valence-corrected chi connectivity index (χ0v) is 20.3. The Morgan fingerprint density at radius 2 is 1.57 bits per heavy atom. The molecule has 4 aromatic rings. The first-order chi connectivity index (χ1) is 17.3. The number of rotatable bonds is 6. The van der Waals surface area contributed by atoms with Crippen molar-refractivity contribution in [3.8, 4) is 11.5 Å². The molecule has 3 heterocycles. The van der Waals surface area contributed by atoms with Crippen LogP contribution in [0.5, 0.6) is 11.5 Å². The number of pyridine rings is 1. The van der Waals surface area contributed by atoms with Crippen LogP contribution in [0, 0.1) is 0 Å². The summed E-state index contributed by atoms with van der Waals surface area (Å²) in [6, 6.07) is 29.0. The Bertz CT molecular complexity index is 1280. The second kappa shape index (κ2) is 9.55. The number of para-hydroxylation sites is 1. The van der Waals surface area contributed by atoms with Crippen molar-refractivity contribution in [2.75, 3.05) is 4.90 Å². The van der Waals surface area contributed by atoms with Crippen LogP contribution in [0.25, 0.3) is 0 Å². The van der Waals surface area contributed by atoms with Crippen LogP contribution in [-0.4, -0.2) is 14.7 Å². The Labute approximate surface area is 211 Å². The molecule has 2 atom stereocenters. The van der Waals surface area contributed by atoms with Crippen LogP contribution in [-0.2, 0) is 0 Å². The van der Waals surface area contributed by atoms with Gasteiger partial charge < -0.3 is 19.5 Å². The van der Waals surface area contributed by atoms with Gasteiger partial charge in [0.1, 0.15) is 17.5 Å². The number of nitrogens with one attached hydrogen (secondary N) is 1. The molecule has 0 bridgehead atoms. The Hall–Kier alpha value is -3.64. The highest BCUT2D eigenvalue weighted by Crippen LogP contribution is 2.44. The molecule has 1 aliphatic heterocycles. The third-order valence-corrected chi connectivity index (χ3v) is 7.34. The van der Waals surface area contributed by atoms with Crippen molar-refractivity contribution in [1.82, 2.24) is 14.9 Å². The minimum atomic E-state index is -0.0426. The van der Waals surface area contributed by atoms with Gasteiger partial charge in [-0.1, -0.05) is 37.1 Å². The summed E-state index contributed by atoms with van der Waals surface area (Å²) in [5.74, 6) is 1.62. The largest absolute Gasteiger partial charge is 0.457 e. The molecule has 0 spiro atoms. The predicted molar refractivity (Wildman–Crippen MR) is 143 cm³/mol. The number of nitrogens with zero attached hydrogens (tertiary/aromatic N) is 3. The topological polar surface area (TPSA) is 42.3 Å². The molecule has 5 nitrogen and oxygen atoms in total. The van der Waals surface area contributed by atoms with E-state index in [4.69, 9.17) is 21.9 Å². The first kappa shape index (κ1) is 21.9. The summed E-state index contributed by atoms with van der Waals surface area (Å²) in [5, 5.41) is 4.29. The van der Waals surface area contributed by atoms with Crippen molar-refractivity contribution in [3.63, 3.8) is 0 Å². The van der Waals surface area contributed by atoms with E-state index in [1.165, 1.54) is 31.4 Å². The molecule has 0 amide bonds. The maximum Gasteiger partial charge on any atom is 0.174 e. The normalized spacial score (nSPS) is 20.2. The van der Waals surface area contributed by atoms with Crippen LogP contribution in [0.1, 0.15) is 55.2 Å². The van der Waals surface area contributed by atoms with Gasteiger partial charge in [0.2, 0.25) is 0 Å². The number of ether oxygens (including phenoxy) is 1. The fourth-order valence-corrected chi connectivity index (χ4v) is 5.75. The van der Waals surface area contributed by atoms with Crippen molar-refractivity contribution in [3.05, 3.63) is 109 Å². The van der Waals surface area contributed by atoms with Crippen LogP contribution in [0.4, 0.5) is 5.69 Å². The maximum absolute atomic E-state index is 6.02. The lowest BCUT2D eigenvalue weighted by Crippen LogP contribution is -2.30. The number of aromatic nitrogens is 2. The molecular formula is C29H28N4OS. The lowest BCUT2D eigenvalue weighted by molar-refractivity contribution is 0.461. The Morgan fingerprint density at radius 1 is 0.829 bits per heavy atom. The van der Waals surface area contributed by atoms with Gasteiger partial charge in [-0.3, -0.25) is 4.98 Å². The molecule has 1 saturated carbocycles. The van der Waals surface area contributed by atoms with E-state index >= 15 is 0 Å². The molecule has 2 fully saturated rings. The van der Waals surface area contributed by atoms with Crippen LogP contribution >= 0.6 is 12.2 Å². The Balaban J connectivity index is 1.37. The van der Waals surface area contributed by atoms with E-state index in [0.717, 1.165) is 22.9 Å². The lowest BCUT2D eigenvalue weighted by atomic mass is 10.00. The molecule has 176 valence electrons. The third kappa shape index (κ3) is 4.30. The molecule has 0 radical (unpaired) electrons. The quantitative estimate of drug-likeness (QED) is 0.302. The summed E-state index contributed by atoms with van der Waals surface area (Å²) >= 11 is 5.91. The van der Waals surface area contributed by atoms with E-state index in [0.29, 0.717) is 11.2 Å². The highest BCUT2D eigenvalue weighted by atomic mass is 32.1. The van der Waals surface area contributed by atoms with Gasteiger partial charge in [-0.05, 0) is 85.7 Å². The molecule has 6 rings (SSSR count). The number of hydrogen-bond acceptors (Lipinski definition) is 3. The third-order valence-electron chi connectivity index (χ3n) is 7.02. The Kier molecular flexibility index (Phi) is 5.96. The number of anilines is 1. The highest BCUT2D eigenvalue weighted by Gasteiger charge is 2.42. The molecule has 1 saturated heterocycles. The summed E-state index contributed by atoms with van der Waals surface area (Å²) < 4.78 is 8.49. The second-order valence-electron chi connectivity index (χ2n) is 9.18. The summed E-state index contributed by atoms with van der Waals surface area (Å²) in [6.45, 7) is 0. The molecule has 1 N–H and O–H groups in total. The van der Waals surface area contributed by atoms with Gasteiger partial charge in [-0.2, -0.15) is 0 Å². The minimum Gasteiger partial charge on any atom is -0.457 e. The number of thiocarbonyl (C=S) groups is 1. The maximum atomic E-state index is 6.02.